The van der Waals surface area contributed by atoms with Crippen LogP contribution in [0.3, 0.4) is 0 Å². The summed E-state index contributed by atoms with van der Waals surface area (Å²) < 4.78 is 0. The second kappa shape index (κ2) is 9.09. The van der Waals surface area contributed by atoms with Crippen molar-refractivity contribution in [3.8, 4) is 5.75 Å². The summed E-state index contributed by atoms with van der Waals surface area (Å²) in [5.74, 6) is -8.91. The molecule has 1 aromatic carbocycles. The zero-order chi connectivity index (χ0) is 27.6. The Morgan fingerprint density at radius 3 is 2.43 bits per heavy atom. The first kappa shape index (κ1) is 26.5. The summed E-state index contributed by atoms with van der Waals surface area (Å²) in [6.07, 6.45) is 0.978. The number of carbonyl (C=O) groups excluding carboxylic acids is 3. The number of nitrogens with two attached hydrogens (primary N) is 1. The van der Waals surface area contributed by atoms with E-state index in [1.165, 1.54) is 19.0 Å². The number of phenolic OH excluding ortho intramolecular Hbond substituents is 1. The molecular formula is C26H31N3O8. The summed E-state index contributed by atoms with van der Waals surface area (Å²) in [6, 6.07) is 2.01. The molecular weight excluding hydrogens is 482 g/mol. The van der Waals surface area contributed by atoms with Gasteiger partial charge in [-0.1, -0.05) is 19.1 Å². The monoisotopic (exact) mass is 513 g/mol. The Morgan fingerprint density at radius 1 is 1.22 bits per heavy atom. The zero-order valence-electron chi connectivity index (χ0n) is 21.0. The highest BCUT2D eigenvalue weighted by Gasteiger charge is 2.68. The summed E-state index contributed by atoms with van der Waals surface area (Å²) in [7, 11) is 4.55. The van der Waals surface area contributed by atoms with Crippen molar-refractivity contribution in [1.29, 1.82) is 0 Å². The maximum Gasteiger partial charge on any atom is 0.255 e. The molecule has 4 rings (SSSR count). The largest absolute Gasteiger partial charge is 0.508 e. The third-order valence-electron chi connectivity index (χ3n) is 7.94. The lowest BCUT2D eigenvalue weighted by Gasteiger charge is -2.53. The molecule has 1 saturated carbocycles. The van der Waals surface area contributed by atoms with Crippen molar-refractivity contribution in [3.05, 3.63) is 45.7 Å². The lowest BCUT2D eigenvalue weighted by Crippen LogP contribution is -2.70. The number of aliphatic imine (C=N–C) groups is 1. The number of aliphatic hydroxyl groups is 4. The average Bonchev–Trinajstić information content (AvgIpc) is 2.82. The number of hydrogen-bond acceptors (Lipinski definition) is 10. The highest BCUT2D eigenvalue weighted by molar-refractivity contribution is 6.24. The molecule has 0 unspecified atom stereocenters. The molecule has 198 valence electrons. The molecule has 3 aliphatic carbocycles. The summed E-state index contributed by atoms with van der Waals surface area (Å²) in [6.45, 7) is 1.69. The minimum absolute atomic E-state index is 0.0121. The number of Topliss-reactive ketones (excluding diaryl/α,β-unsaturated/α-hetero) is 2. The molecule has 1 amide bonds. The molecule has 11 nitrogen and oxygen atoms in total. The predicted octanol–water partition coefficient (Wildman–Crippen LogP) is 0.129. The Balaban J connectivity index is 1.99. The summed E-state index contributed by atoms with van der Waals surface area (Å²) in [5, 5.41) is 56.5. The Bertz CT molecular complexity index is 1300. The average molecular weight is 514 g/mol. The molecule has 1 aromatic rings. The number of carbonyl (C=O) groups is 3. The van der Waals surface area contributed by atoms with E-state index in [1.54, 1.807) is 32.3 Å². The molecule has 0 heterocycles. The SMILES string of the molecule is CN=CCCc1ccc2c(c1O)C(O)=C1C(=O)[C@@]3(O)C(O)=C(C(N)=O)C(=O)[C@H](N(C)C)[C@H]3[C@H](O)[C@H]1[C@@H]2C. The molecule has 0 spiro atoms. The van der Waals surface area contributed by atoms with Gasteiger partial charge >= 0.3 is 0 Å². The lowest BCUT2D eigenvalue weighted by atomic mass is 9.54. The van der Waals surface area contributed by atoms with Gasteiger partial charge in [-0.2, -0.15) is 0 Å². The second-order valence-corrected chi connectivity index (χ2v) is 10.1. The van der Waals surface area contributed by atoms with Crippen molar-refractivity contribution < 1.29 is 39.9 Å². The van der Waals surface area contributed by atoms with Crippen molar-refractivity contribution in [3.63, 3.8) is 0 Å². The van der Waals surface area contributed by atoms with Crippen molar-refractivity contribution in [1.82, 2.24) is 4.90 Å². The van der Waals surface area contributed by atoms with Crippen LogP contribution in [0.15, 0.2) is 34.0 Å². The fourth-order valence-electron chi connectivity index (χ4n) is 6.21. The van der Waals surface area contributed by atoms with Gasteiger partial charge in [0.2, 0.25) is 5.78 Å². The Hall–Kier alpha value is -3.54. The molecule has 11 heteroatoms. The number of primary amides is 1. The van der Waals surface area contributed by atoms with Crippen LogP contribution in [0.5, 0.6) is 5.75 Å². The number of likely N-dealkylation sites (N-methyl/N-ethyl adjacent to an activating group) is 1. The van der Waals surface area contributed by atoms with Gasteiger partial charge in [-0.05, 0) is 50.2 Å². The van der Waals surface area contributed by atoms with E-state index in [4.69, 9.17) is 5.73 Å². The van der Waals surface area contributed by atoms with Gasteiger partial charge in [-0.15, -0.1) is 0 Å². The van der Waals surface area contributed by atoms with Gasteiger partial charge in [0.25, 0.3) is 5.91 Å². The Kier molecular flexibility index (Phi) is 6.51. The summed E-state index contributed by atoms with van der Waals surface area (Å²) >= 11 is 0. The fourth-order valence-corrected chi connectivity index (χ4v) is 6.21. The van der Waals surface area contributed by atoms with Gasteiger partial charge < -0.3 is 36.3 Å². The molecule has 0 saturated heterocycles. The van der Waals surface area contributed by atoms with E-state index >= 15 is 0 Å². The van der Waals surface area contributed by atoms with Gasteiger partial charge in [-0.3, -0.25) is 19.3 Å². The number of phenols is 1. The maximum absolute atomic E-state index is 13.9. The second-order valence-electron chi connectivity index (χ2n) is 10.1. The molecule has 0 aliphatic heterocycles. The van der Waals surface area contributed by atoms with Crippen LogP contribution in [0.4, 0.5) is 0 Å². The predicted molar refractivity (Wildman–Crippen MR) is 133 cm³/mol. The van der Waals surface area contributed by atoms with Crippen LogP contribution in [0, 0.1) is 11.8 Å². The first-order valence-corrected chi connectivity index (χ1v) is 11.9. The molecule has 7 N–H and O–H groups in total. The fraction of sp³-hybridized carbons (Fsp3) is 0.462. The van der Waals surface area contributed by atoms with Crippen LogP contribution in [0.25, 0.3) is 5.76 Å². The number of nitrogens with zero attached hydrogens (tertiary/aromatic N) is 2. The highest BCUT2D eigenvalue weighted by Crippen LogP contribution is 2.56. The van der Waals surface area contributed by atoms with E-state index in [9.17, 15) is 39.9 Å². The lowest BCUT2D eigenvalue weighted by molar-refractivity contribution is -0.169. The number of rotatable bonds is 5. The maximum atomic E-state index is 13.9. The molecule has 3 aliphatic rings. The van der Waals surface area contributed by atoms with Gasteiger partial charge in [0, 0.05) is 18.5 Å². The van der Waals surface area contributed by atoms with E-state index in [-0.39, 0.29) is 11.3 Å². The van der Waals surface area contributed by atoms with Crippen molar-refractivity contribution in [2.45, 2.75) is 43.4 Å². The van der Waals surface area contributed by atoms with Gasteiger partial charge in [-0.25, -0.2) is 0 Å². The van der Waals surface area contributed by atoms with E-state index < -0.39 is 75.6 Å². The van der Waals surface area contributed by atoms with Crippen LogP contribution in [-0.2, 0) is 20.8 Å². The van der Waals surface area contributed by atoms with Gasteiger partial charge in [0.05, 0.1) is 23.6 Å². The third-order valence-corrected chi connectivity index (χ3v) is 7.94. The third kappa shape index (κ3) is 3.52. The van der Waals surface area contributed by atoms with Crippen molar-refractivity contribution >= 4 is 29.4 Å². The first-order chi connectivity index (χ1) is 17.3. The quantitative estimate of drug-likeness (QED) is 0.234. The molecule has 37 heavy (non-hydrogen) atoms. The minimum atomic E-state index is -2.92. The highest BCUT2D eigenvalue weighted by atomic mass is 16.4. The van der Waals surface area contributed by atoms with Gasteiger partial charge in [0.1, 0.15) is 22.8 Å². The number of aromatic hydroxyl groups is 1. The number of amides is 1. The molecule has 1 fully saturated rings. The number of aliphatic hydroxyl groups excluding tert-OH is 3. The molecule has 0 radical (unpaired) electrons. The Morgan fingerprint density at radius 2 is 1.86 bits per heavy atom. The molecule has 0 bridgehead atoms. The number of benzene rings is 1. The number of aryl methyl sites for hydroxylation is 1. The number of ketones is 2. The van der Waals surface area contributed by atoms with E-state index in [0.717, 1.165) is 0 Å². The smallest absolute Gasteiger partial charge is 0.255 e. The first-order valence-electron chi connectivity index (χ1n) is 11.9. The van der Waals surface area contributed by atoms with E-state index in [1.807, 2.05) is 0 Å². The van der Waals surface area contributed by atoms with Crippen LogP contribution in [0.2, 0.25) is 0 Å². The minimum Gasteiger partial charge on any atom is -0.508 e. The van der Waals surface area contributed by atoms with Crippen molar-refractivity contribution in [2.24, 2.45) is 22.6 Å². The normalized spacial score (nSPS) is 31.6. The van der Waals surface area contributed by atoms with Crippen LogP contribution >= 0.6 is 0 Å². The Labute approximate surface area is 213 Å². The van der Waals surface area contributed by atoms with Crippen LogP contribution in [0.1, 0.15) is 36.0 Å². The standard InChI is InChI=1S/C26H31N3O8/c1-10-12-8-7-11(6-5-9-28-2)19(30)14(12)20(31)15-13(10)21(32)17-18(29(3)4)22(33)16(25(27)36)24(35)26(17,37)23(15)34/h7-10,13,17-18,21,30-32,35,37H,5-6H2,1-4H3,(H2,27,36)/t10-,13+,17+,18-,21-,26-/m1/s1. The summed E-state index contributed by atoms with van der Waals surface area (Å²) in [5.41, 5.74) is 2.00. The zero-order valence-corrected chi connectivity index (χ0v) is 21.0. The van der Waals surface area contributed by atoms with Gasteiger partial charge in [0.15, 0.2) is 11.4 Å². The number of hydrogen-bond donors (Lipinski definition) is 6. The van der Waals surface area contributed by atoms with Crippen LogP contribution < -0.4 is 5.73 Å². The summed E-state index contributed by atoms with van der Waals surface area (Å²) in [4.78, 5) is 44.4. The number of fused-ring (bicyclic) bond motifs is 3. The molecule has 0 aromatic heterocycles. The molecule has 6 atom stereocenters. The van der Waals surface area contributed by atoms with E-state index in [0.29, 0.717) is 24.0 Å². The topological polar surface area (TPSA) is 194 Å². The van der Waals surface area contributed by atoms with Crippen LogP contribution in [-0.4, -0.2) is 93.0 Å². The van der Waals surface area contributed by atoms with E-state index in [2.05, 4.69) is 4.99 Å². The van der Waals surface area contributed by atoms with Crippen molar-refractivity contribution in [2.75, 3.05) is 21.1 Å².